The van der Waals surface area contributed by atoms with Crippen molar-refractivity contribution in [2.45, 2.75) is 52.7 Å². The van der Waals surface area contributed by atoms with Gasteiger partial charge in [0.05, 0.1) is 0 Å². The average molecular weight is 296 g/mol. The Morgan fingerprint density at radius 1 is 1.14 bits per heavy atom. The van der Waals surface area contributed by atoms with Crippen molar-refractivity contribution >= 4 is 0 Å². The monoisotopic (exact) mass is 296 g/mol. The van der Waals surface area contributed by atoms with Gasteiger partial charge in [-0.1, -0.05) is 6.07 Å². The second-order valence-electron chi connectivity index (χ2n) is 5.94. The maximum absolute atomic E-state index is 14.0. The first-order valence-corrected chi connectivity index (χ1v) is 7.72. The van der Waals surface area contributed by atoms with E-state index in [0.29, 0.717) is 30.0 Å². The molecule has 1 aromatic carbocycles. The molecular formula is C17H29FN2O. The first kappa shape index (κ1) is 17.9. The zero-order chi connectivity index (χ0) is 16.0. The number of benzene rings is 1. The number of hydrogen-bond donors (Lipinski definition) is 1. The van der Waals surface area contributed by atoms with Gasteiger partial charge in [-0.3, -0.25) is 4.90 Å². The van der Waals surface area contributed by atoms with Crippen LogP contribution < -0.4 is 10.1 Å². The van der Waals surface area contributed by atoms with E-state index in [-0.39, 0.29) is 11.9 Å². The lowest BCUT2D eigenvalue weighted by atomic mass is 10.1. The summed E-state index contributed by atoms with van der Waals surface area (Å²) in [6.07, 6.45) is 0. The summed E-state index contributed by atoms with van der Waals surface area (Å²) in [6.45, 7) is 12.0. The Morgan fingerprint density at radius 2 is 1.76 bits per heavy atom. The zero-order valence-electron chi connectivity index (χ0n) is 14.1. The summed E-state index contributed by atoms with van der Waals surface area (Å²) < 4.78 is 19.8. The largest absolute Gasteiger partial charge is 0.492 e. The van der Waals surface area contributed by atoms with Gasteiger partial charge in [-0.2, -0.15) is 0 Å². The lowest BCUT2D eigenvalue weighted by molar-refractivity contribution is 0.141. The average Bonchev–Trinajstić information content (AvgIpc) is 2.42. The van der Waals surface area contributed by atoms with Crippen molar-refractivity contribution in [3.63, 3.8) is 0 Å². The lowest BCUT2D eigenvalue weighted by Crippen LogP contribution is -2.39. The van der Waals surface area contributed by atoms with Gasteiger partial charge >= 0.3 is 0 Å². The van der Waals surface area contributed by atoms with Crippen LogP contribution in [-0.4, -0.2) is 37.2 Å². The Kier molecular flexibility index (Phi) is 7.12. The van der Waals surface area contributed by atoms with E-state index in [9.17, 15) is 4.39 Å². The highest BCUT2D eigenvalue weighted by Crippen LogP contribution is 2.27. The molecule has 0 aliphatic carbocycles. The highest BCUT2D eigenvalue weighted by atomic mass is 19.1. The number of hydrogen-bond acceptors (Lipinski definition) is 3. The summed E-state index contributed by atoms with van der Waals surface area (Å²) in [5.74, 6) is 0.406. The number of ether oxygens (including phenoxy) is 1. The molecule has 4 heteroatoms. The van der Waals surface area contributed by atoms with Gasteiger partial charge in [0.15, 0.2) is 0 Å². The molecule has 0 aliphatic rings. The fourth-order valence-corrected chi connectivity index (χ4v) is 2.58. The minimum atomic E-state index is -0.223. The third kappa shape index (κ3) is 4.97. The molecule has 1 N–H and O–H groups in total. The molecule has 0 saturated heterocycles. The normalized spacial score (nSPS) is 13.2. The van der Waals surface area contributed by atoms with E-state index in [1.54, 1.807) is 6.07 Å². The van der Waals surface area contributed by atoms with E-state index in [4.69, 9.17) is 4.74 Å². The molecule has 0 amide bonds. The van der Waals surface area contributed by atoms with Gasteiger partial charge < -0.3 is 10.1 Å². The molecule has 0 heterocycles. The van der Waals surface area contributed by atoms with Crippen molar-refractivity contribution in [2.75, 3.05) is 20.2 Å². The smallest absolute Gasteiger partial charge is 0.131 e. The zero-order valence-corrected chi connectivity index (χ0v) is 14.1. The number of nitrogens with zero attached hydrogens (tertiary/aromatic N) is 1. The quantitative estimate of drug-likeness (QED) is 0.793. The van der Waals surface area contributed by atoms with Crippen LogP contribution in [0.25, 0.3) is 0 Å². The molecule has 21 heavy (non-hydrogen) atoms. The second-order valence-corrected chi connectivity index (χ2v) is 5.94. The molecule has 0 fully saturated rings. The molecule has 1 unspecified atom stereocenters. The van der Waals surface area contributed by atoms with Crippen LogP contribution in [0.4, 0.5) is 4.39 Å². The van der Waals surface area contributed by atoms with Crippen molar-refractivity contribution in [3.8, 4) is 5.75 Å². The Bertz CT molecular complexity index is 427. The molecule has 0 bridgehead atoms. The number of halogens is 1. The van der Waals surface area contributed by atoms with Crippen LogP contribution in [0.15, 0.2) is 18.2 Å². The Balaban J connectivity index is 2.74. The first-order chi connectivity index (χ1) is 9.88. The number of rotatable bonds is 8. The van der Waals surface area contributed by atoms with Crippen molar-refractivity contribution in [3.05, 3.63) is 29.6 Å². The molecule has 0 aromatic heterocycles. The third-order valence-electron chi connectivity index (χ3n) is 3.81. The predicted octanol–water partition coefficient (Wildman–Crippen LogP) is 3.60. The fraction of sp³-hybridized carbons (Fsp3) is 0.647. The molecule has 0 spiro atoms. The Labute approximate surface area is 128 Å². The summed E-state index contributed by atoms with van der Waals surface area (Å²) in [4.78, 5) is 2.36. The summed E-state index contributed by atoms with van der Waals surface area (Å²) in [6, 6.07) is 5.87. The minimum Gasteiger partial charge on any atom is -0.492 e. The van der Waals surface area contributed by atoms with Gasteiger partial charge in [-0.05, 0) is 53.8 Å². The summed E-state index contributed by atoms with van der Waals surface area (Å²) in [5.41, 5.74) is 0.598. The van der Waals surface area contributed by atoms with Gasteiger partial charge in [0.2, 0.25) is 0 Å². The highest BCUT2D eigenvalue weighted by Gasteiger charge is 2.17. The van der Waals surface area contributed by atoms with Crippen LogP contribution >= 0.6 is 0 Å². The summed E-state index contributed by atoms with van der Waals surface area (Å²) in [7, 11) is 1.82. The molecule has 0 saturated carbocycles. The van der Waals surface area contributed by atoms with Gasteiger partial charge in [0, 0.05) is 30.2 Å². The standard InChI is InChI=1S/C17H29FN2O/c1-12(2)20(13(3)4)10-11-21-16-9-7-8-15(18)17(16)14(5)19-6/h7-9,12-14,19H,10-11H2,1-6H3. The molecule has 0 radical (unpaired) electrons. The van der Waals surface area contributed by atoms with Crippen molar-refractivity contribution in [2.24, 2.45) is 0 Å². The molecule has 120 valence electrons. The van der Waals surface area contributed by atoms with Crippen molar-refractivity contribution in [1.82, 2.24) is 10.2 Å². The Hall–Kier alpha value is -1.13. The predicted molar refractivity (Wildman–Crippen MR) is 86.3 cm³/mol. The van der Waals surface area contributed by atoms with Gasteiger partial charge in [-0.15, -0.1) is 0 Å². The molecule has 1 rings (SSSR count). The lowest BCUT2D eigenvalue weighted by Gasteiger charge is -2.30. The van der Waals surface area contributed by atoms with Crippen LogP contribution in [0.5, 0.6) is 5.75 Å². The van der Waals surface area contributed by atoms with E-state index in [0.717, 1.165) is 6.54 Å². The molecular weight excluding hydrogens is 267 g/mol. The van der Waals surface area contributed by atoms with E-state index >= 15 is 0 Å². The summed E-state index contributed by atoms with van der Waals surface area (Å²) in [5, 5.41) is 3.07. The molecule has 0 aliphatic heterocycles. The molecule has 1 atom stereocenters. The fourth-order valence-electron chi connectivity index (χ4n) is 2.58. The van der Waals surface area contributed by atoms with Crippen molar-refractivity contribution in [1.29, 1.82) is 0 Å². The van der Waals surface area contributed by atoms with Crippen LogP contribution in [0.1, 0.15) is 46.2 Å². The molecule has 3 nitrogen and oxygen atoms in total. The number of nitrogens with one attached hydrogen (secondary N) is 1. The van der Waals surface area contributed by atoms with E-state index < -0.39 is 0 Å². The highest BCUT2D eigenvalue weighted by molar-refractivity contribution is 5.37. The van der Waals surface area contributed by atoms with Crippen molar-refractivity contribution < 1.29 is 9.13 Å². The van der Waals surface area contributed by atoms with E-state index in [2.05, 4.69) is 37.9 Å². The topological polar surface area (TPSA) is 24.5 Å². The minimum absolute atomic E-state index is 0.0764. The van der Waals surface area contributed by atoms with E-state index in [1.165, 1.54) is 6.07 Å². The van der Waals surface area contributed by atoms with Crippen LogP contribution in [0.3, 0.4) is 0 Å². The second kappa shape index (κ2) is 8.35. The van der Waals surface area contributed by atoms with Crippen LogP contribution in [0, 0.1) is 5.82 Å². The third-order valence-corrected chi connectivity index (χ3v) is 3.81. The van der Waals surface area contributed by atoms with Crippen LogP contribution in [-0.2, 0) is 0 Å². The SMILES string of the molecule is CNC(C)c1c(F)cccc1OCCN(C(C)C)C(C)C. The Morgan fingerprint density at radius 3 is 2.29 bits per heavy atom. The van der Waals surface area contributed by atoms with Gasteiger partial charge in [0.25, 0.3) is 0 Å². The van der Waals surface area contributed by atoms with Gasteiger partial charge in [0.1, 0.15) is 18.2 Å². The molecule has 1 aromatic rings. The van der Waals surface area contributed by atoms with E-state index in [1.807, 2.05) is 20.0 Å². The van der Waals surface area contributed by atoms with Crippen LogP contribution in [0.2, 0.25) is 0 Å². The maximum Gasteiger partial charge on any atom is 0.131 e. The van der Waals surface area contributed by atoms with Gasteiger partial charge in [-0.25, -0.2) is 4.39 Å². The summed E-state index contributed by atoms with van der Waals surface area (Å²) >= 11 is 0. The maximum atomic E-state index is 14.0. The first-order valence-electron chi connectivity index (χ1n) is 7.72.